The highest BCUT2D eigenvalue weighted by atomic mass is 16.7. The molecule has 0 bridgehead atoms. The van der Waals surface area contributed by atoms with Crippen molar-refractivity contribution in [2.24, 2.45) is 0 Å². The third-order valence-corrected chi connectivity index (χ3v) is 4.48. The first-order chi connectivity index (χ1) is 13.7. The van der Waals surface area contributed by atoms with Gasteiger partial charge < -0.3 is 19.7 Å². The van der Waals surface area contributed by atoms with Crippen LogP contribution in [0.25, 0.3) is 0 Å². The molecule has 28 heavy (non-hydrogen) atoms. The average Bonchev–Trinajstić information content (AvgIpc) is 3.21. The van der Waals surface area contributed by atoms with Crippen LogP contribution in [0.3, 0.4) is 0 Å². The maximum absolute atomic E-state index is 12.6. The maximum atomic E-state index is 12.6. The summed E-state index contributed by atoms with van der Waals surface area (Å²) in [5.74, 6) is 1.34. The number of rotatable bonds is 6. The largest absolute Gasteiger partial charge is 0.454 e. The Kier molecular flexibility index (Phi) is 5.05. The molecule has 3 aromatic rings. The number of hydrogen-bond donors (Lipinski definition) is 1. The molecular formula is C21H20N4O3. The second-order valence-corrected chi connectivity index (χ2v) is 6.46. The second kappa shape index (κ2) is 7.96. The Morgan fingerprint density at radius 1 is 1.07 bits per heavy atom. The number of carbonyl (C=O) groups is 1. The van der Waals surface area contributed by atoms with E-state index in [4.69, 9.17) is 9.47 Å². The van der Waals surface area contributed by atoms with Gasteiger partial charge >= 0.3 is 0 Å². The van der Waals surface area contributed by atoms with E-state index in [0.717, 1.165) is 29.1 Å². The standard InChI is InChI=1S/C21H20N4O3/c1-25(11-8-15-6-9-22-10-7-15)21(26)18-4-2-17(13-23-18)24-16-3-5-19-20(12-16)28-14-27-19/h2-7,9-10,12-13,24H,8,11,14H2,1H3. The Bertz CT molecular complexity index is 961. The molecule has 1 aromatic carbocycles. The molecule has 0 spiro atoms. The number of anilines is 2. The molecule has 7 nitrogen and oxygen atoms in total. The van der Waals surface area contributed by atoms with E-state index in [1.54, 1.807) is 36.6 Å². The summed E-state index contributed by atoms with van der Waals surface area (Å²) in [4.78, 5) is 22.5. The van der Waals surface area contributed by atoms with Gasteiger partial charge in [0.25, 0.3) is 5.91 Å². The normalized spacial score (nSPS) is 11.9. The minimum Gasteiger partial charge on any atom is -0.454 e. The molecule has 1 aliphatic heterocycles. The summed E-state index contributed by atoms with van der Waals surface area (Å²) in [5, 5.41) is 3.25. The lowest BCUT2D eigenvalue weighted by atomic mass is 10.2. The third-order valence-electron chi connectivity index (χ3n) is 4.48. The molecule has 142 valence electrons. The Morgan fingerprint density at radius 2 is 1.86 bits per heavy atom. The molecule has 0 radical (unpaired) electrons. The van der Waals surface area contributed by atoms with Crippen molar-refractivity contribution >= 4 is 17.3 Å². The fourth-order valence-electron chi connectivity index (χ4n) is 2.88. The Labute approximate surface area is 163 Å². The molecule has 1 aliphatic rings. The molecule has 0 atom stereocenters. The number of likely N-dealkylation sites (N-methyl/N-ethyl adjacent to an activating group) is 1. The van der Waals surface area contributed by atoms with Crippen molar-refractivity contribution in [2.75, 3.05) is 25.7 Å². The summed E-state index contributed by atoms with van der Waals surface area (Å²) in [5.41, 5.74) is 3.20. The van der Waals surface area contributed by atoms with Gasteiger partial charge in [0.05, 0.1) is 11.9 Å². The zero-order valence-corrected chi connectivity index (χ0v) is 15.5. The summed E-state index contributed by atoms with van der Waals surface area (Å²) in [6.07, 6.45) is 5.93. The van der Waals surface area contributed by atoms with Crippen LogP contribution >= 0.6 is 0 Å². The average molecular weight is 376 g/mol. The van der Waals surface area contributed by atoms with Gasteiger partial charge in [-0.1, -0.05) is 0 Å². The number of carbonyl (C=O) groups excluding carboxylic acids is 1. The van der Waals surface area contributed by atoms with Crippen molar-refractivity contribution in [3.05, 3.63) is 72.3 Å². The van der Waals surface area contributed by atoms with Crippen molar-refractivity contribution in [3.63, 3.8) is 0 Å². The lowest BCUT2D eigenvalue weighted by Gasteiger charge is -2.17. The second-order valence-electron chi connectivity index (χ2n) is 6.46. The molecule has 1 N–H and O–H groups in total. The van der Waals surface area contributed by atoms with E-state index in [0.29, 0.717) is 18.0 Å². The molecule has 0 fully saturated rings. The van der Waals surface area contributed by atoms with Gasteiger partial charge in [0, 0.05) is 37.7 Å². The van der Waals surface area contributed by atoms with Gasteiger partial charge in [0.2, 0.25) is 6.79 Å². The van der Waals surface area contributed by atoms with Crippen LogP contribution in [0, 0.1) is 0 Å². The number of nitrogens with one attached hydrogen (secondary N) is 1. The SMILES string of the molecule is CN(CCc1ccncc1)C(=O)c1ccc(Nc2ccc3c(c2)OCO3)cn1. The molecule has 3 heterocycles. The predicted molar refractivity (Wildman–Crippen MR) is 105 cm³/mol. The van der Waals surface area contributed by atoms with Crippen LogP contribution in [-0.4, -0.2) is 41.2 Å². The summed E-state index contributed by atoms with van der Waals surface area (Å²) in [6.45, 7) is 0.855. The summed E-state index contributed by atoms with van der Waals surface area (Å²) in [6, 6.07) is 13.1. The monoisotopic (exact) mass is 376 g/mol. The highest BCUT2D eigenvalue weighted by Crippen LogP contribution is 2.35. The highest BCUT2D eigenvalue weighted by molar-refractivity contribution is 5.92. The van der Waals surface area contributed by atoms with Crippen LogP contribution in [0.1, 0.15) is 16.1 Å². The van der Waals surface area contributed by atoms with Crippen LogP contribution in [0.4, 0.5) is 11.4 Å². The van der Waals surface area contributed by atoms with E-state index >= 15 is 0 Å². The first kappa shape index (κ1) is 17.8. The molecule has 0 aliphatic carbocycles. The quantitative estimate of drug-likeness (QED) is 0.712. The predicted octanol–water partition coefficient (Wildman–Crippen LogP) is 3.26. The smallest absolute Gasteiger partial charge is 0.272 e. The number of benzene rings is 1. The molecule has 0 unspecified atom stereocenters. The number of aromatic nitrogens is 2. The first-order valence-electron chi connectivity index (χ1n) is 8.96. The van der Waals surface area contributed by atoms with Crippen molar-refractivity contribution in [3.8, 4) is 11.5 Å². The van der Waals surface area contributed by atoms with E-state index in [1.807, 2.05) is 36.4 Å². The van der Waals surface area contributed by atoms with E-state index in [1.165, 1.54) is 0 Å². The number of ether oxygens (including phenoxy) is 2. The molecule has 0 saturated carbocycles. The molecule has 2 aromatic heterocycles. The lowest BCUT2D eigenvalue weighted by Crippen LogP contribution is -2.29. The van der Waals surface area contributed by atoms with Crippen LogP contribution in [-0.2, 0) is 6.42 Å². The van der Waals surface area contributed by atoms with Gasteiger partial charge in [-0.25, -0.2) is 4.98 Å². The summed E-state index contributed by atoms with van der Waals surface area (Å²) in [7, 11) is 1.78. The lowest BCUT2D eigenvalue weighted by molar-refractivity contribution is 0.0791. The number of pyridine rings is 2. The maximum Gasteiger partial charge on any atom is 0.272 e. The van der Waals surface area contributed by atoms with Crippen molar-refractivity contribution in [2.45, 2.75) is 6.42 Å². The van der Waals surface area contributed by atoms with Crippen LogP contribution < -0.4 is 14.8 Å². The molecule has 7 heteroatoms. The van der Waals surface area contributed by atoms with Gasteiger partial charge in [-0.05, 0) is 48.4 Å². The van der Waals surface area contributed by atoms with Gasteiger partial charge in [0.15, 0.2) is 11.5 Å². The Morgan fingerprint density at radius 3 is 2.64 bits per heavy atom. The minimum atomic E-state index is -0.108. The topological polar surface area (TPSA) is 76.6 Å². The van der Waals surface area contributed by atoms with E-state index in [-0.39, 0.29) is 12.7 Å². The van der Waals surface area contributed by atoms with E-state index in [9.17, 15) is 4.79 Å². The van der Waals surface area contributed by atoms with Gasteiger partial charge in [0.1, 0.15) is 5.69 Å². The zero-order valence-electron chi connectivity index (χ0n) is 15.5. The molecule has 1 amide bonds. The van der Waals surface area contributed by atoms with E-state index in [2.05, 4.69) is 15.3 Å². The van der Waals surface area contributed by atoms with Crippen LogP contribution in [0.15, 0.2) is 61.1 Å². The number of nitrogens with zero attached hydrogens (tertiary/aromatic N) is 3. The highest BCUT2D eigenvalue weighted by Gasteiger charge is 2.15. The summed E-state index contributed by atoms with van der Waals surface area (Å²) < 4.78 is 10.7. The molecule has 4 rings (SSSR count). The van der Waals surface area contributed by atoms with Crippen LogP contribution in [0.2, 0.25) is 0 Å². The fraction of sp³-hybridized carbons (Fsp3) is 0.190. The third kappa shape index (κ3) is 4.03. The van der Waals surface area contributed by atoms with Crippen molar-refractivity contribution < 1.29 is 14.3 Å². The first-order valence-corrected chi connectivity index (χ1v) is 8.96. The number of fused-ring (bicyclic) bond motifs is 1. The molecule has 0 saturated heterocycles. The summed E-state index contributed by atoms with van der Waals surface area (Å²) >= 11 is 0. The van der Waals surface area contributed by atoms with Gasteiger partial charge in [-0.15, -0.1) is 0 Å². The van der Waals surface area contributed by atoms with Gasteiger partial charge in [-0.2, -0.15) is 0 Å². The Hall–Kier alpha value is -3.61. The number of amides is 1. The van der Waals surface area contributed by atoms with Crippen molar-refractivity contribution in [1.29, 1.82) is 0 Å². The van der Waals surface area contributed by atoms with Gasteiger partial charge in [-0.3, -0.25) is 9.78 Å². The van der Waals surface area contributed by atoms with Crippen molar-refractivity contribution in [1.82, 2.24) is 14.9 Å². The molecular weight excluding hydrogens is 356 g/mol. The zero-order chi connectivity index (χ0) is 19.3. The van der Waals surface area contributed by atoms with E-state index < -0.39 is 0 Å². The number of hydrogen-bond acceptors (Lipinski definition) is 6. The Balaban J connectivity index is 1.36. The minimum absolute atomic E-state index is 0.108. The fourth-order valence-corrected chi connectivity index (χ4v) is 2.88. The van der Waals surface area contributed by atoms with Crippen LogP contribution in [0.5, 0.6) is 11.5 Å².